The van der Waals surface area contributed by atoms with Crippen LogP contribution in [-0.2, 0) is 28.8 Å². The molecule has 0 aromatic heterocycles. The lowest BCUT2D eigenvalue weighted by atomic mass is 10.0. The Morgan fingerprint density at radius 2 is 1.35 bits per heavy atom. The van der Waals surface area contributed by atoms with Crippen molar-refractivity contribution in [3.8, 4) is 0 Å². The van der Waals surface area contributed by atoms with Crippen molar-refractivity contribution in [2.45, 2.75) is 128 Å². The number of aldehydes is 1. The van der Waals surface area contributed by atoms with Gasteiger partial charge >= 0.3 is 0 Å². The highest BCUT2D eigenvalue weighted by Gasteiger charge is 2.34. The van der Waals surface area contributed by atoms with Gasteiger partial charge in [-0.3, -0.25) is 24.0 Å². The van der Waals surface area contributed by atoms with Gasteiger partial charge in [-0.25, -0.2) is 0 Å². The van der Waals surface area contributed by atoms with Gasteiger partial charge < -0.3 is 42.4 Å². The van der Waals surface area contributed by atoms with Crippen LogP contribution in [0.3, 0.4) is 0 Å². The van der Waals surface area contributed by atoms with E-state index < -0.39 is 72.7 Å². The third-order valence-corrected chi connectivity index (χ3v) is 6.21. The van der Waals surface area contributed by atoms with Gasteiger partial charge in [0.2, 0.25) is 29.5 Å². The number of rotatable bonds is 23. The van der Waals surface area contributed by atoms with E-state index in [1.54, 1.807) is 0 Å². The Bertz CT molecular complexity index is 823. The van der Waals surface area contributed by atoms with E-state index in [-0.39, 0.29) is 18.8 Å². The van der Waals surface area contributed by atoms with Crippen molar-refractivity contribution in [1.82, 2.24) is 16.0 Å². The zero-order chi connectivity index (χ0) is 30.7. The average molecular weight is 572 g/mol. The summed E-state index contributed by atoms with van der Waals surface area (Å²) in [6.45, 7) is 5.79. The van der Waals surface area contributed by atoms with Gasteiger partial charge in [0.1, 0.15) is 18.4 Å². The summed E-state index contributed by atoms with van der Waals surface area (Å²) < 4.78 is 0. The summed E-state index contributed by atoms with van der Waals surface area (Å²) in [6.07, 6.45) is 4.17. The number of nitrogens with one attached hydrogen (secondary N) is 3. The Hall–Kier alpha value is -3.06. The van der Waals surface area contributed by atoms with E-state index in [9.17, 15) is 39.0 Å². The van der Waals surface area contributed by atoms with Crippen LogP contribution in [0, 0.1) is 5.92 Å². The molecule has 0 aliphatic carbocycles. The van der Waals surface area contributed by atoms with E-state index >= 15 is 0 Å². The fraction of sp³-hybridized carbons (Fsp3) is 0.778. The van der Waals surface area contributed by atoms with Crippen LogP contribution in [0.2, 0.25) is 0 Å². The molecule has 0 fully saturated rings. The molecule has 13 nitrogen and oxygen atoms in total. The monoisotopic (exact) mass is 571 g/mol. The van der Waals surface area contributed by atoms with Crippen molar-refractivity contribution in [1.29, 1.82) is 0 Å². The third-order valence-electron chi connectivity index (χ3n) is 6.21. The van der Waals surface area contributed by atoms with Crippen molar-refractivity contribution < 1.29 is 39.0 Å². The fourth-order valence-electron chi connectivity index (χ4n) is 4.16. The zero-order valence-corrected chi connectivity index (χ0v) is 24.0. The normalized spacial score (nSPS) is 14.8. The molecule has 40 heavy (non-hydrogen) atoms. The van der Waals surface area contributed by atoms with Gasteiger partial charge in [0, 0.05) is 0 Å². The minimum atomic E-state index is -1.76. The summed E-state index contributed by atoms with van der Waals surface area (Å²) in [4.78, 5) is 72.7. The average Bonchev–Trinajstić information content (AvgIpc) is 2.84. The van der Waals surface area contributed by atoms with Gasteiger partial charge in [0.05, 0.1) is 37.5 Å². The van der Waals surface area contributed by atoms with Crippen molar-refractivity contribution in [2.24, 2.45) is 17.4 Å². The Morgan fingerprint density at radius 1 is 0.775 bits per heavy atom. The van der Waals surface area contributed by atoms with E-state index in [1.807, 2.05) is 13.8 Å². The molecule has 0 aromatic carbocycles. The van der Waals surface area contributed by atoms with Crippen LogP contribution in [0.25, 0.3) is 0 Å². The van der Waals surface area contributed by atoms with Crippen molar-refractivity contribution >= 4 is 35.8 Å². The number of aliphatic hydroxyl groups is 2. The molecule has 13 heteroatoms. The number of unbranched alkanes of at least 4 members (excludes halogenated alkanes) is 6. The highest BCUT2D eigenvalue weighted by Crippen LogP contribution is 2.12. The Balaban J connectivity index is 5.28. The molecular formula is C27H49N5O8. The maximum Gasteiger partial charge on any atom is 0.245 e. The van der Waals surface area contributed by atoms with Crippen molar-refractivity contribution in [3.63, 3.8) is 0 Å². The van der Waals surface area contributed by atoms with Crippen LogP contribution >= 0.6 is 0 Å². The van der Waals surface area contributed by atoms with Gasteiger partial charge in [-0.2, -0.15) is 0 Å². The van der Waals surface area contributed by atoms with Crippen LogP contribution in [0.4, 0.5) is 0 Å². The van der Waals surface area contributed by atoms with Crippen molar-refractivity contribution in [3.05, 3.63) is 0 Å². The molecule has 230 valence electrons. The van der Waals surface area contributed by atoms with E-state index in [0.717, 1.165) is 32.1 Å². The molecule has 0 saturated carbocycles. The van der Waals surface area contributed by atoms with Gasteiger partial charge in [-0.1, -0.05) is 65.7 Å². The Morgan fingerprint density at radius 3 is 1.88 bits per heavy atom. The van der Waals surface area contributed by atoms with E-state index in [4.69, 9.17) is 11.5 Å². The molecule has 3 unspecified atom stereocenters. The summed E-state index contributed by atoms with van der Waals surface area (Å²) in [5.41, 5.74) is 10.4. The highest BCUT2D eigenvalue weighted by atomic mass is 16.3. The van der Waals surface area contributed by atoms with E-state index in [1.165, 1.54) is 12.8 Å². The first-order valence-corrected chi connectivity index (χ1v) is 14.1. The van der Waals surface area contributed by atoms with E-state index in [2.05, 4.69) is 22.9 Å². The number of amides is 5. The van der Waals surface area contributed by atoms with Gasteiger partial charge in [0.15, 0.2) is 0 Å². The van der Waals surface area contributed by atoms with Crippen LogP contribution in [0.5, 0.6) is 0 Å². The van der Waals surface area contributed by atoms with Crippen LogP contribution < -0.4 is 27.4 Å². The summed E-state index contributed by atoms with van der Waals surface area (Å²) >= 11 is 0. The van der Waals surface area contributed by atoms with Gasteiger partial charge in [0.25, 0.3) is 0 Å². The second-order valence-corrected chi connectivity index (χ2v) is 10.7. The van der Waals surface area contributed by atoms with Crippen LogP contribution in [0.1, 0.15) is 97.8 Å². The molecular weight excluding hydrogens is 522 g/mol. The fourth-order valence-corrected chi connectivity index (χ4v) is 4.16. The van der Waals surface area contributed by atoms with Gasteiger partial charge in [-0.05, 0) is 18.8 Å². The highest BCUT2D eigenvalue weighted by molar-refractivity contribution is 5.95. The van der Waals surface area contributed by atoms with Crippen molar-refractivity contribution in [2.75, 3.05) is 0 Å². The molecule has 0 saturated heterocycles. The Labute approximate surface area is 236 Å². The number of primary amides is 2. The lowest BCUT2D eigenvalue weighted by Gasteiger charge is -2.27. The van der Waals surface area contributed by atoms with Crippen LogP contribution in [-0.4, -0.2) is 76.4 Å². The Kier molecular flexibility index (Phi) is 19.2. The maximum atomic E-state index is 13.0. The smallest absolute Gasteiger partial charge is 0.245 e. The predicted octanol–water partition coefficient (Wildman–Crippen LogP) is -0.311. The quantitative estimate of drug-likeness (QED) is 0.0633. The molecule has 5 atom stereocenters. The van der Waals surface area contributed by atoms with Gasteiger partial charge in [-0.15, -0.1) is 0 Å². The first kappa shape index (κ1) is 36.9. The zero-order valence-electron chi connectivity index (χ0n) is 24.0. The molecule has 0 aliphatic rings. The van der Waals surface area contributed by atoms with Crippen LogP contribution in [0.15, 0.2) is 0 Å². The molecule has 0 radical (unpaired) electrons. The summed E-state index contributed by atoms with van der Waals surface area (Å²) in [6, 6.07) is -4.18. The summed E-state index contributed by atoms with van der Waals surface area (Å²) in [7, 11) is 0. The lowest BCUT2D eigenvalue weighted by molar-refractivity contribution is -0.136. The first-order chi connectivity index (χ1) is 18.8. The number of nitrogens with two attached hydrogens (primary N) is 2. The topological polar surface area (TPSA) is 231 Å². The lowest BCUT2D eigenvalue weighted by Crippen LogP contribution is -2.60. The number of hydrogen-bond donors (Lipinski definition) is 7. The molecule has 0 heterocycles. The molecule has 0 spiro atoms. The second kappa shape index (κ2) is 20.8. The van der Waals surface area contributed by atoms with E-state index in [0.29, 0.717) is 12.7 Å². The third kappa shape index (κ3) is 17.5. The standard InChI is InChI=1S/C27H49N5O8/c1-4-5-6-7-8-9-10-11-19(34)13-24(38)31-20(14-22(28)36)26(39)32-25(21(35)15-23(29)37)27(40)30-18(16-33)12-17(2)3/h16-21,25,34-35H,4-15H2,1-3H3,(H2,28,36)(H2,29,37)(H,30,40)(H,31,38)(H,32,39)/t18?,19?,20-,21?,25-/m0/s1. The summed E-state index contributed by atoms with van der Waals surface area (Å²) in [5.74, 6) is -4.56. The number of carbonyl (C=O) groups excluding carboxylic acids is 6. The molecule has 9 N–H and O–H groups in total. The molecule has 0 aliphatic heterocycles. The number of hydrogen-bond acceptors (Lipinski definition) is 8. The molecule has 0 bridgehead atoms. The minimum absolute atomic E-state index is 0.0374. The first-order valence-electron chi connectivity index (χ1n) is 14.1. The minimum Gasteiger partial charge on any atom is -0.393 e. The SMILES string of the molecule is CCCCCCCCCC(O)CC(=O)N[C@@H](CC(N)=O)C(=O)N[C@H](C(=O)NC(C=O)CC(C)C)C(O)CC(N)=O. The summed E-state index contributed by atoms with van der Waals surface area (Å²) in [5, 5.41) is 27.6. The largest absolute Gasteiger partial charge is 0.393 e. The molecule has 0 aromatic rings. The predicted molar refractivity (Wildman–Crippen MR) is 148 cm³/mol. The molecule has 5 amide bonds. The molecule has 0 rings (SSSR count). The second-order valence-electron chi connectivity index (χ2n) is 10.7. The maximum absolute atomic E-state index is 13.0. The number of aliphatic hydroxyl groups excluding tert-OH is 2. The number of carbonyl (C=O) groups is 6.